The van der Waals surface area contributed by atoms with Crippen LogP contribution < -0.4 is 5.32 Å². The number of nitrogens with zero attached hydrogens (tertiary/aromatic N) is 3. The number of fused-ring (bicyclic) bond motifs is 1. The number of unbranched alkanes of at least 4 members (excludes halogenated alkanes) is 1. The molecule has 130 valence electrons. The Labute approximate surface area is 147 Å². The van der Waals surface area contributed by atoms with Gasteiger partial charge in [0.15, 0.2) is 0 Å². The van der Waals surface area contributed by atoms with Gasteiger partial charge in [-0.15, -0.1) is 0 Å². The van der Waals surface area contributed by atoms with E-state index in [1.165, 1.54) is 0 Å². The van der Waals surface area contributed by atoms with Gasteiger partial charge in [0.05, 0.1) is 24.1 Å². The normalized spacial score (nSPS) is 13.0. The molecule has 2 aromatic rings. The van der Waals surface area contributed by atoms with Crippen LogP contribution in [0, 0.1) is 6.92 Å². The highest BCUT2D eigenvalue weighted by Crippen LogP contribution is 2.22. The summed E-state index contributed by atoms with van der Waals surface area (Å²) in [6.45, 7) is 3.63. The van der Waals surface area contributed by atoms with Gasteiger partial charge in [0.25, 0.3) is 5.91 Å². The average Bonchev–Trinajstić information content (AvgIpc) is 2.94. The molecule has 1 aliphatic rings. The van der Waals surface area contributed by atoms with Crippen molar-refractivity contribution < 1.29 is 9.59 Å². The van der Waals surface area contributed by atoms with Crippen LogP contribution in [0.1, 0.15) is 46.6 Å². The molecule has 0 saturated heterocycles. The fraction of sp³-hybridized carbons (Fsp3) is 0.368. The van der Waals surface area contributed by atoms with E-state index in [1.54, 1.807) is 12.4 Å². The van der Waals surface area contributed by atoms with Crippen LogP contribution >= 0.6 is 0 Å². The van der Waals surface area contributed by atoms with E-state index < -0.39 is 0 Å². The number of aromatic nitrogens is 2. The topological polar surface area (TPSA) is 75.2 Å². The monoisotopic (exact) mass is 338 g/mol. The molecule has 1 aliphatic heterocycles. The van der Waals surface area contributed by atoms with Crippen molar-refractivity contribution in [2.75, 3.05) is 6.54 Å². The van der Waals surface area contributed by atoms with Crippen LogP contribution in [0.2, 0.25) is 0 Å². The molecule has 3 rings (SSSR count). The summed E-state index contributed by atoms with van der Waals surface area (Å²) in [4.78, 5) is 34.3. The molecule has 0 atom stereocenters. The fourth-order valence-corrected chi connectivity index (χ4v) is 2.87. The molecule has 0 bridgehead atoms. The van der Waals surface area contributed by atoms with Crippen LogP contribution in [0.5, 0.6) is 0 Å². The molecule has 0 unspecified atom stereocenters. The van der Waals surface area contributed by atoms with Crippen molar-refractivity contribution in [2.24, 2.45) is 0 Å². The Morgan fingerprint density at radius 1 is 1.20 bits per heavy atom. The molecule has 2 amide bonds. The Morgan fingerprint density at radius 3 is 2.80 bits per heavy atom. The second-order valence-electron chi connectivity index (χ2n) is 6.27. The minimum absolute atomic E-state index is 0.00147. The van der Waals surface area contributed by atoms with E-state index in [4.69, 9.17) is 0 Å². The van der Waals surface area contributed by atoms with E-state index in [0.29, 0.717) is 26.1 Å². The lowest BCUT2D eigenvalue weighted by molar-refractivity contribution is -0.121. The molecule has 6 heteroatoms. The Kier molecular flexibility index (Phi) is 5.38. The Hall–Kier alpha value is -2.76. The van der Waals surface area contributed by atoms with Crippen LogP contribution in [-0.2, 0) is 17.9 Å². The first-order valence-electron chi connectivity index (χ1n) is 8.55. The van der Waals surface area contributed by atoms with Crippen LogP contribution in [0.4, 0.5) is 0 Å². The molecular weight excluding hydrogens is 316 g/mol. The summed E-state index contributed by atoms with van der Waals surface area (Å²) in [5.74, 6) is 0.0939. The lowest BCUT2D eigenvalue weighted by Crippen LogP contribution is -2.26. The third kappa shape index (κ3) is 4.41. The van der Waals surface area contributed by atoms with Crippen LogP contribution in [0.3, 0.4) is 0 Å². The summed E-state index contributed by atoms with van der Waals surface area (Å²) < 4.78 is 0. The lowest BCUT2D eigenvalue weighted by atomic mass is 10.1. The zero-order chi connectivity index (χ0) is 17.6. The van der Waals surface area contributed by atoms with Gasteiger partial charge in [0.1, 0.15) is 0 Å². The number of carbonyl (C=O) groups excluding carboxylic acids is 2. The molecule has 0 saturated carbocycles. The number of nitrogens with one attached hydrogen (secondary N) is 1. The number of hydrogen-bond donors (Lipinski definition) is 1. The maximum absolute atomic E-state index is 12.2. The van der Waals surface area contributed by atoms with Gasteiger partial charge >= 0.3 is 0 Å². The van der Waals surface area contributed by atoms with E-state index in [9.17, 15) is 9.59 Å². The van der Waals surface area contributed by atoms with E-state index in [2.05, 4.69) is 15.3 Å². The molecule has 1 aromatic heterocycles. The zero-order valence-corrected chi connectivity index (χ0v) is 14.4. The molecule has 6 nitrogen and oxygen atoms in total. The Morgan fingerprint density at radius 2 is 2.04 bits per heavy atom. The van der Waals surface area contributed by atoms with Gasteiger partial charge < -0.3 is 10.2 Å². The summed E-state index contributed by atoms with van der Waals surface area (Å²) in [7, 11) is 0. The molecule has 2 heterocycles. The molecule has 0 fully saturated rings. The van der Waals surface area contributed by atoms with Gasteiger partial charge in [-0.3, -0.25) is 19.6 Å². The summed E-state index contributed by atoms with van der Waals surface area (Å²) in [6.07, 6.45) is 5.39. The van der Waals surface area contributed by atoms with Gasteiger partial charge in [0.2, 0.25) is 5.91 Å². The van der Waals surface area contributed by atoms with Gasteiger partial charge in [-0.2, -0.15) is 0 Å². The average molecular weight is 338 g/mol. The second kappa shape index (κ2) is 7.88. The van der Waals surface area contributed by atoms with Crippen molar-refractivity contribution in [1.82, 2.24) is 20.2 Å². The van der Waals surface area contributed by atoms with Crippen LogP contribution in [0.15, 0.2) is 36.7 Å². The Bertz CT molecular complexity index is 758. The highest BCUT2D eigenvalue weighted by Gasteiger charge is 2.25. The second-order valence-corrected chi connectivity index (χ2v) is 6.27. The third-order valence-corrected chi connectivity index (χ3v) is 4.28. The van der Waals surface area contributed by atoms with Gasteiger partial charge in [-0.05, 0) is 31.4 Å². The number of benzene rings is 1. The van der Waals surface area contributed by atoms with Crippen molar-refractivity contribution >= 4 is 11.8 Å². The largest absolute Gasteiger partial charge is 0.350 e. The van der Waals surface area contributed by atoms with Gasteiger partial charge in [0, 0.05) is 31.3 Å². The van der Waals surface area contributed by atoms with Crippen molar-refractivity contribution in [3.8, 4) is 0 Å². The predicted molar refractivity (Wildman–Crippen MR) is 93.6 cm³/mol. The first-order chi connectivity index (χ1) is 12.1. The maximum Gasteiger partial charge on any atom is 0.254 e. The SMILES string of the molecule is Cc1cnc(CNC(=O)CCCCN2Cc3ccccc3C2=O)cn1. The number of hydrogen-bond acceptors (Lipinski definition) is 4. The standard InChI is InChI=1S/C19H22N4O2/c1-14-10-21-16(11-20-14)12-22-18(24)8-4-5-9-23-13-15-6-2-3-7-17(15)19(23)25/h2-3,6-7,10-11H,4-5,8-9,12-13H2,1H3,(H,22,24). The number of aryl methyl sites for hydroxylation is 1. The van der Waals surface area contributed by atoms with E-state index in [-0.39, 0.29) is 11.8 Å². The number of carbonyl (C=O) groups is 2. The highest BCUT2D eigenvalue weighted by atomic mass is 16.2. The zero-order valence-electron chi connectivity index (χ0n) is 14.4. The van der Waals surface area contributed by atoms with Gasteiger partial charge in [-0.25, -0.2) is 0 Å². The van der Waals surface area contributed by atoms with Crippen molar-refractivity contribution in [3.05, 3.63) is 59.2 Å². The van der Waals surface area contributed by atoms with E-state index in [1.807, 2.05) is 36.1 Å². The van der Waals surface area contributed by atoms with Crippen molar-refractivity contribution in [1.29, 1.82) is 0 Å². The third-order valence-electron chi connectivity index (χ3n) is 4.28. The van der Waals surface area contributed by atoms with Crippen molar-refractivity contribution in [3.63, 3.8) is 0 Å². The molecule has 1 N–H and O–H groups in total. The summed E-state index contributed by atoms with van der Waals surface area (Å²) in [5.41, 5.74) is 3.50. The molecule has 25 heavy (non-hydrogen) atoms. The van der Waals surface area contributed by atoms with Crippen molar-refractivity contribution in [2.45, 2.75) is 39.3 Å². The van der Waals surface area contributed by atoms with E-state index in [0.717, 1.165) is 35.4 Å². The fourth-order valence-electron chi connectivity index (χ4n) is 2.87. The first-order valence-corrected chi connectivity index (χ1v) is 8.55. The van der Waals surface area contributed by atoms with Gasteiger partial charge in [-0.1, -0.05) is 18.2 Å². The molecule has 0 spiro atoms. The minimum atomic E-state index is -0.00147. The molecule has 1 aromatic carbocycles. The number of amides is 2. The smallest absolute Gasteiger partial charge is 0.254 e. The number of rotatable bonds is 7. The Balaban J connectivity index is 1.34. The highest BCUT2D eigenvalue weighted by molar-refractivity contribution is 5.98. The molecular formula is C19H22N4O2. The van der Waals surface area contributed by atoms with E-state index >= 15 is 0 Å². The maximum atomic E-state index is 12.2. The minimum Gasteiger partial charge on any atom is -0.350 e. The summed E-state index contributed by atoms with van der Waals surface area (Å²) in [5, 5.41) is 2.85. The molecule has 0 radical (unpaired) electrons. The quantitative estimate of drug-likeness (QED) is 0.786. The van der Waals surface area contributed by atoms with Crippen LogP contribution in [-0.4, -0.2) is 33.2 Å². The lowest BCUT2D eigenvalue weighted by Gasteiger charge is -2.15. The van der Waals surface area contributed by atoms with Crippen LogP contribution in [0.25, 0.3) is 0 Å². The molecule has 0 aliphatic carbocycles. The first kappa shape index (κ1) is 17.1. The summed E-state index contributed by atoms with van der Waals surface area (Å²) >= 11 is 0. The predicted octanol–water partition coefficient (Wildman–Crippen LogP) is 2.23. The summed E-state index contributed by atoms with van der Waals surface area (Å²) in [6, 6.07) is 7.72.